The number of fused-ring (bicyclic) bond motifs is 1. The van der Waals surface area contributed by atoms with E-state index in [1.54, 1.807) is 12.0 Å². The molecule has 0 radical (unpaired) electrons. The van der Waals surface area contributed by atoms with Crippen LogP contribution in [0.5, 0.6) is 5.75 Å². The van der Waals surface area contributed by atoms with Crippen molar-refractivity contribution in [2.45, 2.75) is 19.9 Å². The molecule has 2 amide bonds. The Balaban J connectivity index is 1.54. The quantitative estimate of drug-likeness (QED) is 0.262. The van der Waals surface area contributed by atoms with Crippen LogP contribution in [-0.4, -0.2) is 66.6 Å². The van der Waals surface area contributed by atoms with Crippen molar-refractivity contribution in [1.29, 1.82) is 0 Å². The molecule has 3 aromatic carbocycles. The van der Waals surface area contributed by atoms with Crippen LogP contribution in [-0.2, 0) is 22.5 Å². The minimum atomic E-state index is -0.426. The summed E-state index contributed by atoms with van der Waals surface area (Å²) >= 11 is 0. The molecule has 4 aromatic rings. The fourth-order valence-electron chi connectivity index (χ4n) is 4.46. The number of nitrogens with zero attached hydrogens (tertiary/aromatic N) is 2. The fraction of sp³-hybridized carbons (Fsp3) is 0.290. The molecule has 0 atom stereocenters. The maximum absolute atomic E-state index is 13.7. The summed E-state index contributed by atoms with van der Waals surface area (Å²) in [7, 11) is 1.54. The minimum Gasteiger partial charge on any atom is -0.494 e. The average Bonchev–Trinajstić information content (AvgIpc) is 3.37. The van der Waals surface area contributed by atoms with Crippen molar-refractivity contribution in [1.82, 2.24) is 14.8 Å². The van der Waals surface area contributed by atoms with Gasteiger partial charge in [-0.2, -0.15) is 0 Å². The molecule has 0 fully saturated rings. The number of H-pyrrole nitrogens is 1. The first-order valence-electron chi connectivity index (χ1n) is 13.1. The van der Waals surface area contributed by atoms with Gasteiger partial charge in [-0.05, 0) is 66.9 Å². The van der Waals surface area contributed by atoms with Crippen LogP contribution in [0, 0.1) is 5.82 Å². The van der Waals surface area contributed by atoms with Crippen LogP contribution in [0.1, 0.15) is 28.4 Å². The van der Waals surface area contributed by atoms with Crippen LogP contribution >= 0.6 is 0 Å². The van der Waals surface area contributed by atoms with Gasteiger partial charge in [0.05, 0.1) is 13.2 Å². The van der Waals surface area contributed by atoms with Gasteiger partial charge in [0.25, 0.3) is 5.91 Å². The van der Waals surface area contributed by atoms with Crippen molar-refractivity contribution in [3.05, 3.63) is 102 Å². The van der Waals surface area contributed by atoms with Crippen LogP contribution in [0.2, 0.25) is 0 Å². The Morgan fingerprint density at radius 3 is 2.38 bits per heavy atom. The van der Waals surface area contributed by atoms with E-state index in [2.05, 4.69) is 11.1 Å². The lowest BCUT2D eigenvalue weighted by molar-refractivity contribution is -0.132. The van der Waals surface area contributed by atoms with Crippen molar-refractivity contribution in [3.63, 3.8) is 0 Å². The van der Waals surface area contributed by atoms with Gasteiger partial charge in [0.2, 0.25) is 5.91 Å². The summed E-state index contributed by atoms with van der Waals surface area (Å²) in [6.45, 7) is 3.75. The molecule has 0 saturated carbocycles. The standard InChI is InChI=1S/C31H34FN3O4/c1-3-39-27-14-8-23(9-15-27)21-34(17-16-25-20-33-29-7-5-4-6-28(25)29)30(36)22-35(18-19-38-2)31(37)24-10-12-26(32)13-11-24/h4-15,20,33H,3,16-19,21-22H2,1-2H3. The third-order valence-corrected chi connectivity index (χ3v) is 6.56. The van der Waals surface area contributed by atoms with E-state index in [4.69, 9.17) is 9.47 Å². The molecule has 7 nitrogen and oxygen atoms in total. The highest BCUT2D eigenvalue weighted by molar-refractivity contribution is 5.96. The number of methoxy groups -OCH3 is 1. The monoisotopic (exact) mass is 531 g/mol. The van der Waals surface area contributed by atoms with E-state index in [9.17, 15) is 14.0 Å². The zero-order valence-corrected chi connectivity index (χ0v) is 22.4. The Labute approximate surface area is 228 Å². The summed E-state index contributed by atoms with van der Waals surface area (Å²) in [4.78, 5) is 33.4. The SMILES string of the molecule is CCOc1ccc(CN(CCc2c[nH]c3ccccc23)C(=O)CN(CCOC)C(=O)c2ccc(F)cc2)cc1. The molecule has 4 rings (SSSR count). The number of hydrogen-bond donors (Lipinski definition) is 1. The molecule has 8 heteroatoms. The largest absolute Gasteiger partial charge is 0.494 e. The molecule has 1 N–H and O–H groups in total. The van der Waals surface area contributed by atoms with Gasteiger partial charge in [-0.25, -0.2) is 4.39 Å². The first-order chi connectivity index (χ1) is 19.0. The van der Waals surface area contributed by atoms with Gasteiger partial charge in [-0.1, -0.05) is 30.3 Å². The fourth-order valence-corrected chi connectivity index (χ4v) is 4.46. The predicted molar refractivity (Wildman–Crippen MR) is 149 cm³/mol. The van der Waals surface area contributed by atoms with Gasteiger partial charge in [0, 0.05) is 49.4 Å². The predicted octanol–water partition coefficient (Wildman–Crippen LogP) is 5.07. The number of aromatic nitrogens is 1. The molecule has 1 aromatic heterocycles. The summed E-state index contributed by atoms with van der Waals surface area (Å²) in [5.41, 5.74) is 3.44. The second-order valence-corrected chi connectivity index (χ2v) is 9.23. The molecular formula is C31H34FN3O4. The Hall–Kier alpha value is -4.17. The van der Waals surface area contributed by atoms with Crippen LogP contribution in [0.3, 0.4) is 0 Å². The van der Waals surface area contributed by atoms with Crippen LogP contribution in [0.25, 0.3) is 10.9 Å². The molecule has 0 bridgehead atoms. The van der Waals surface area contributed by atoms with E-state index in [0.29, 0.717) is 31.7 Å². The van der Waals surface area contributed by atoms with Crippen LogP contribution in [0.15, 0.2) is 79.0 Å². The average molecular weight is 532 g/mol. The Morgan fingerprint density at radius 2 is 1.67 bits per heavy atom. The molecule has 1 heterocycles. The molecule has 0 unspecified atom stereocenters. The van der Waals surface area contributed by atoms with Gasteiger partial charge < -0.3 is 24.3 Å². The number of ether oxygens (including phenoxy) is 2. The molecule has 0 spiro atoms. The summed E-state index contributed by atoms with van der Waals surface area (Å²) in [5.74, 6) is -0.188. The maximum atomic E-state index is 13.7. The summed E-state index contributed by atoms with van der Waals surface area (Å²) in [5, 5.41) is 1.12. The van der Waals surface area contributed by atoms with E-state index in [-0.39, 0.29) is 31.5 Å². The van der Waals surface area contributed by atoms with Crippen molar-refractivity contribution in [2.75, 3.05) is 40.0 Å². The highest BCUT2D eigenvalue weighted by Crippen LogP contribution is 2.20. The van der Waals surface area contributed by atoms with Crippen molar-refractivity contribution < 1.29 is 23.5 Å². The van der Waals surface area contributed by atoms with Crippen molar-refractivity contribution in [2.24, 2.45) is 0 Å². The van der Waals surface area contributed by atoms with E-state index >= 15 is 0 Å². The zero-order valence-electron chi connectivity index (χ0n) is 22.4. The number of nitrogens with one attached hydrogen (secondary N) is 1. The molecule has 0 saturated heterocycles. The third kappa shape index (κ3) is 7.45. The Kier molecular flexibility index (Phi) is 9.69. The maximum Gasteiger partial charge on any atom is 0.254 e. The summed E-state index contributed by atoms with van der Waals surface area (Å²) < 4.78 is 24.2. The number of amides is 2. The number of para-hydroxylation sites is 1. The smallest absolute Gasteiger partial charge is 0.254 e. The molecular weight excluding hydrogens is 497 g/mol. The van der Waals surface area contributed by atoms with Gasteiger partial charge in [-0.3, -0.25) is 9.59 Å². The zero-order chi connectivity index (χ0) is 27.6. The second-order valence-electron chi connectivity index (χ2n) is 9.23. The first-order valence-corrected chi connectivity index (χ1v) is 13.1. The van der Waals surface area contributed by atoms with Gasteiger partial charge in [-0.15, -0.1) is 0 Å². The number of carbonyl (C=O) groups is 2. The Morgan fingerprint density at radius 1 is 0.923 bits per heavy atom. The third-order valence-electron chi connectivity index (χ3n) is 6.56. The van der Waals surface area contributed by atoms with Gasteiger partial charge in [0.15, 0.2) is 0 Å². The second kappa shape index (κ2) is 13.6. The topological polar surface area (TPSA) is 74.9 Å². The molecule has 0 aliphatic heterocycles. The number of aromatic amines is 1. The molecule has 39 heavy (non-hydrogen) atoms. The summed E-state index contributed by atoms with van der Waals surface area (Å²) in [6.07, 6.45) is 2.63. The van der Waals surface area contributed by atoms with Crippen LogP contribution in [0.4, 0.5) is 4.39 Å². The number of benzene rings is 3. The molecule has 204 valence electrons. The minimum absolute atomic E-state index is 0.121. The molecule has 0 aliphatic carbocycles. The first kappa shape index (κ1) is 27.9. The van der Waals surface area contributed by atoms with Crippen molar-refractivity contribution >= 4 is 22.7 Å². The highest BCUT2D eigenvalue weighted by atomic mass is 19.1. The highest BCUT2D eigenvalue weighted by Gasteiger charge is 2.23. The molecule has 0 aliphatic rings. The number of rotatable bonds is 13. The number of hydrogen-bond acceptors (Lipinski definition) is 4. The van der Waals surface area contributed by atoms with E-state index < -0.39 is 5.82 Å². The lowest BCUT2D eigenvalue weighted by Gasteiger charge is -2.28. The van der Waals surface area contributed by atoms with Gasteiger partial charge in [0.1, 0.15) is 18.1 Å². The lowest BCUT2D eigenvalue weighted by Crippen LogP contribution is -2.44. The van der Waals surface area contributed by atoms with E-state index in [0.717, 1.165) is 27.8 Å². The number of halogens is 1. The summed E-state index contributed by atoms with van der Waals surface area (Å²) in [6, 6.07) is 21.1. The van der Waals surface area contributed by atoms with E-state index in [1.165, 1.54) is 29.2 Å². The van der Waals surface area contributed by atoms with Gasteiger partial charge >= 0.3 is 0 Å². The number of carbonyl (C=O) groups excluding carboxylic acids is 2. The normalized spacial score (nSPS) is 10.9. The van der Waals surface area contributed by atoms with Crippen molar-refractivity contribution in [3.8, 4) is 5.75 Å². The van der Waals surface area contributed by atoms with Crippen LogP contribution < -0.4 is 4.74 Å². The Bertz CT molecular complexity index is 1370. The lowest BCUT2D eigenvalue weighted by atomic mass is 10.1. The van der Waals surface area contributed by atoms with E-state index in [1.807, 2.05) is 55.6 Å².